The van der Waals surface area contributed by atoms with Crippen LogP contribution in [0.15, 0.2) is 71.8 Å². The maximum absolute atomic E-state index is 13.2. The fraction of sp³-hybridized carbons (Fsp3) is 0.211. The van der Waals surface area contributed by atoms with Crippen LogP contribution in [0.1, 0.15) is 11.3 Å². The van der Waals surface area contributed by atoms with Crippen molar-refractivity contribution in [3.05, 3.63) is 78.1 Å². The fourth-order valence-corrected chi connectivity index (χ4v) is 4.30. The molecule has 0 radical (unpaired) electrons. The van der Waals surface area contributed by atoms with Gasteiger partial charge in [-0.1, -0.05) is 48.5 Å². The Bertz CT molecular complexity index is 954. The Hall–Kier alpha value is -2.48. The van der Waals surface area contributed by atoms with E-state index in [9.17, 15) is 13.5 Å². The molecule has 136 valence electrons. The first-order chi connectivity index (χ1) is 12.5. The molecule has 1 aromatic heterocycles. The lowest BCUT2D eigenvalue weighted by Gasteiger charge is -2.21. The first-order valence-corrected chi connectivity index (χ1v) is 9.73. The molecule has 1 heterocycles. The molecule has 0 amide bonds. The van der Waals surface area contributed by atoms with Crippen molar-refractivity contribution < 1.29 is 13.5 Å². The molecular formula is C19H21N3O3S. The van der Waals surface area contributed by atoms with Gasteiger partial charge in [0, 0.05) is 13.1 Å². The molecule has 3 rings (SSSR count). The molecule has 0 aliphatic rings. The van der Waals surface area contributed by atoms with Crippen molar-refractivity contribution in [2.24, 2.45) is 0 Å². The molecule has 0 spiro atoms. The summed E-state index contributed by atoms with van der Waals surface area (Å²) in [6.45, 7) is 1.64. The Balaban J connectivity index is 1.96. The number of aryl methyl sites for hydroxylation is 1. The highest BCUT2D eigenvalue weighted by molar-refractivity contribution is 7.89. The molecule has 0 saturated heterocycles. The van der Waals surface area contributed by atoms with Crippen LogP contribution in [-0.2, 0) is 16.6 Å². The van der Waals surface area contributed by atoms with Crippen molar-refractivity contribution in [3.63, 3.8) is 0 Å². The lowest BCUT2D eigenvalue weighted by molar-refractivity contribution is 0.251. The van der Waals surface area contributed by atoms with E-state index in [4.69, 9.17) is 0 Å². The van der Waals surface area contributed by atoms with Crippen LogP contribution in [0.5, 0.6) is 0 Å². The lowest BCUT2D eigenvalue weighted by atomic mass is 10.2. The first-order valence-electron chi connectivity index (χ1n) is 8.29. The van der Waals surface area contributed by atoms with Gasteiger partial charge in [0.05, 0.1) is 24.2 Å². The largest absolute Gasteiger partial charge is 0.395 e. The summed E-state index contributed by atoms with van der Waals surface area (Å²) < 4.78 is 29.1. The quantitative estimate of drug-likeness (QED) is 0.692. The van der Waals surface area contributed by atoms with Gasteiger partial charge < -0.3 is 5.11 Å². The summed E-state index contributed by atoms with van der Waals surface area (Å²) in [5, 5.41) is 13.7. The number of aliphatic hydroxyl groups excluding tert-OH is 1. The summed E-state index contributed by atoms with van der Waals surface area (Å²) >= 11 is 0. The number of benzene rings is 2. The Kier molecular flexibility index (Phi) is 5.51. The number of sulfonamides is 1. The highest BCUT2D eigenvalue weighted by atomic mass is 32.2. The second-order valence-electron chi connectivity index (χ2n) is 5.91. The van der Waals surface area contributed by atoms with Crippen LogP contribution in [0.3, 0.4) is 0 Å². The van der Waals surface area contributed by atoms with Crippen LogP contribution in [0.4, 0.5) is 0 Å². The summed E-state index contributed by atoms with van der Waals surface area (Å²) in [4.78, 5) is 0.144. The minimum absolute atomic E-state index is 0.0210. The number of aliphatic hydroxyl groups is 1. The minimum Gasteiger partial charge on any atom is -0.395 e. The van der Waals surface area contributed by atoms with Crippen molar-refractivity contribution in [2.45, 2.75) is 18.4 Å². The smallest absolute Gasteiger partial charge is 0.246 e. The number of aromatic nitrogens is 2. The summed E-state index contributed by atoms with van der Waals surface area (Å²) in [7, 11) is -3.79. The maximum atomic E-state index is 13.2. The zero-order chi connectivity index (χ0) is 18.6. The van der Waals surface area contributed by atoms with E-state index >= 15 is 0 Å². The van der Waals surface area contributed by atoms with E-state index < -0.39 is 10.0 Å². The summed E-state index contributed by atoms with van der Waals surface area (Å²) in [6.07, 6.45) is 1.52. The topological polar surface area (TPSA) is 75.4 Å². The second kappa shape index (κ2) is 7.82. The van der Waals surface area contributed by atoms with Gasteiger partial charge in [0.15, 0.2) is 0 Å². The minimum atomic E-state index is -3.79. The van der Waals surface area contributed by atoms with E-state index in [2.05, 4.69) is 5.10 Å². The molecular weight excluding hydrogens is 350 g/mol. The van der Waals surface area contributed by atoms with Gasteiger partial charge in [-0.05, 0) is 24.6 Å². The monoisotopic (exact) mass is 371 g/mol. The van der Waals surface area contributed by atoms with Gasteiger partial charge in [-0.15, -0.1) is 0 Å². The van der Waals surface area contributed by atoms with Gasteiger partial charge >= 0.3 is 0 Å². The summed E-state index contributed by atoms with van der Waals surface area (Å²) in [5.74, 6) is 0. The Morgan fingerprint density at radius 2 is 1.65 bits per heavy atom. The molecule has 26 heavy (non-hydrogen) atoms. The van der Waals surface area contributed by atoms with E-state index in [0.29, 0.717) is 5.69 Å². The summed E-state index contributed by atoms with van der Waals surface area (Å²) in [6, 6.07) is 18.7. The van der Waals surface area contributed by atoms with Crippen LogP contribution >= 0.6 is 0 Å². The SMILES string of the molecule is Cc1nn(-c2ccccc2)cc1S(=O)(=O)N(CCO)Cc1ccccc1. The Morgan fingerprint density at radius 3 is 2.27 bits per heavy atom. The van der Waals surface area contributed by atoms with Gasteiger partial charge in [-0.2, -0.15) is 9.40 Å². The van der Waals surface area contributed by atoms with Gasteiger partial charge in [-0.3, -0.25) is 0 Å². The van der Waals surface area contributed by atoms with Crippen molar-refractivity contribution in [1.82, 2.24) is 14.1 Å². The normalized spacial score (nSPS) is 11.8. The third-order valence-electron chi connectivity index (χ3n) is 4.04. The predicted octanol–water partition coefficient (Wildman–Crippen LogP) is 2.36. The average molecular weight is 371 g/mol. The first kappa shape index (κ1) is 18.3. The van der Waals surface area contributed by atoms with E-state index in [1.54, 1.807) is 11.6 Å². The molecule has 7 heteroatoms. The van der Waals surface area contributed by atoms with E-state index in [1.807, 2.05) is 60.7 Å². The molecule has 0 saturated carbocycles. The zero-order valence-electron chi connectivity index (χ0n) is 14.5. The molecule has 0 fully saturated rings. The Labute approximate surface area is 153 Å². The van der Waals surface area contributed by atoms with Crippen molar-refractivity contribution in [2.75, 3.05) is 13.2 Å². The molecule has 0 bridgehead atoms. The van der Waals surface area contributed by atoms with Crippen molar-refractivity contribution in [3.8, 4) is 5.69 Å². The van der Waals surface area contributed by atoms with Gasteiger partial charge in [0.25, 0.3) is 0 Å². The maximum Gasteiger partial charge on any atom is 0.246 e. The third-order valence-corrected chi connectivity index (χ3v) is 5.99. The lowest BCUT2D eigenvalue weighted by Crippen LogP contribution is -2.33. The molecule has 0 aliphatic carbocycles. The molecule has 2 aromatic carbocycles. The number of para-hydroxylation sites is 1. The molecule has 1 N–H and O–H groups in total. The van der Waals surface area contributed by atoms with Crippen LogP contribution in [-0.4, -0.2) is 40.8 Å². The second-order valence-corrected chi connectivity index (χ2v) is 7.81. The van der Waals surface area contributed by atoms with Gasteiger partial charge in [0.1, 0.15) is 4.90 Å². The van der Waals surface area contributed by atoms with E-state index in [0.717, 1.165) is 11.3 Å². The predicted molar refractivity (Wildman–Crippen MR) is 99.4 cm³/mol. The van der Waals surface area contributed by atoms with Crippen molar-refractivity contribution in [1.29, 1.82) is 0 Å². The van der Waals surface area contributed by atoms with Crippen LogP contribution in [0.2, 0.25) is 0 Å². The Morgan fingerprint density at radius 1 is 1.04 bits per heavy atom. The molecule has 0 atom stereocenters. The number of rotatable bonds is 7. The highest BCUT2D eigenvalue weighted by Crippen LogP contribution is 2.22. The van der Waals surface area contributed by atoms with Crippen LogP contribution in [0.25, 0.3) is 5.69 Å². The van der Waals surface area contributed by atoms with Crippen molar-refractivity contribution >= 4 is 10.0 Å². The van der Waals surface area contributed by atoms with Crippen LogP contribution in [0, 0.1) is 6.92 Å². The zero-order valence-corrected chi connectivity index (χ0v) is 15.3. The van der Waals surface area contributed by atoms with E-state index in [1.165, 1.54) is 10.5 Å². The number of hydrogen-bond acceptors (Lipinski definition) is 4. The molecule has 0 aliphatic heterocycles. The van der Waals surface area contributed by atoms with Gasteiger partial charge in [-0.25, -0.2) is 13.1 Å². The number of nitrogens with zero attached hydrogens (tertiary/aromatic N) is 3. The molecule has 3 aromatic rings. The standard InChI is InChI=1S/C19H21N3O3S/c1-16-19(15-22(20-16)18-10-6-3-7-11-18)26(24,25)21(12-13-23)14-17-8-4-2-5-9-17/h2-11,15,23H,12-14H2,1H3. The van der Waals surface area contributed by atoms with Crippen LogP contribution < -0.4 is 0 Å². The molecule has 6 nitrogen and oxygen atoms in total. The van der Waals surface area contributed by atoms with E-state index in [-0.39, 0.29) is 24.6 Å². The average Bonchev–Trinajstić information content (AvgIpc) is 3.05. The fourth-order valence-electron chi connectivity index (χ4n) is 2.73. The third kappa shape index (κ3) is 3.85. The highest BCUT2D eigenvalue weighted by Gasteiger charge is 2.28. The molecule has 0 unspecified atom stereocenters. The number of hydrogen-bond donors (Lipinski definition) is 1. The van der Waals surface area contributed by atoms with Gasteiger partial charge in [0.2, 0.25) is 10.0 Å². The summed E-state index contributed by atoms with van der Waals surface area (Å²) in [5.41, 5.74) is 2.07.